The van der Waals surface area contributed by atoms with Crippen molar-refractivity contribution in [2.45, 2.75) is 26.2 Å². The second-order valence-electron chi connectivity index (χ2n) is 5.06. The Morgan fingerprint density at radius 1 is 1.29 bits per heavy atom. The summed E-state index contributed by atoms with van der Waals surface area (Å²) in [5.74, 6) is -3.18. The molecule has 0 bridgehead atoms. The Balaban J connectivity index is 2.95. The summed E-state index contributed by atoms with van der Waals surface area (Å²) >= 11 is 0. The molecule has 2 rings (SSSR count). The maximum atomic E-state index is 13.4. The third-order valence-electron chi connectivity index (χ3n) is 3.36. The maximum Gasteiger partial charge on any atom is 0.239 e. The Kier molecular flexibility index (Phi) is 3.26. The van der Waals surface area contributed by atoms with E-state index in [4.69, 9.17) is 8.22 Å². The van der Waals surface area contributed by atoms with E-state index in [9.17, 15) is 17.9 Å². The summed E-state index contributed by atoms with van der Waals surface area (Å²) in [4.78, 5) is 8.03. The first-order valence-electron chi connectivity index (χ1n) is 9.79. The molecule has 0 aliphatic rings. The lowest BCUT2D eigenvalue weighted by Crippen LogP contribution is -2.27. The van der Waals surface area contributed by atoms with Gasteiger partial charge in [-0.05, 0) is 30.2 Å². The van der Waals surface area contributed by atoms with Crippen molar-refractivity contribution in [1.29, 1.82) is 0 Å². The fraction of sp³-hybridized carbons (Fsp3) is 0.375. The van der Waals surface area contributed by atoms with Gasteiger partial charge in [0.15, 0.2) is 0 Å². The van der Waals surface area contributed by atoms with E-state index < -0.39 is 53.7 Å². The zero-order chi connectivity index (χ0) is 23.1. The van der Waals surface area contributed by atoms with E-state index in [1.54, 1.807) is 0 Å². The van der Waals surface area contributed by atoms with Crippen LogP contribution < -0.4 is 4.31 Å². The number of aliphatic hydroxyl groups excluding tert-OH is 1. The number of anilines is 1. The second-order valence-corrected chi connectivity index (χ2v) is 7.08. The Morgan fingerprint density at radius 2 is 1.92 bits per heavy atom. The van der Waals surface area contributed by atoms with E-state index >= 15 is 0 Å². The number of sulfonamides is 1. The van der Waals surface area contributed by atoms with Crippen molar-refractivity contribution in [2.24, 2.45) is 0 Å². The minimum absolute atomic E-state index is 0.105. The molecule has 0 radical (unpaired) electrons. The minimum Gasteiger partial charge on any atom is -0.392 e. The van der Waals surface area contributed by atoms with Crippen molar-refractivity contribution < 1.29 is 26.1 Å². The Morgan fingerprint density at radius 3 is 2.42 bits per heavy atom. The van der Waals surface area contributed by atoms with Crippen LogP contribution in [0.5, 0.6) is 0 Å². The van der Waals surface area contributed by atoms with Crippen LogP contribution in [0.1, 0.15) is 39.1 Å². The quantitative estimate of drug-likeness (QED) is 0.885. The Hall–Kier alpha value is -2.06. The van der Waals surface area contributed by atoms with Gasteiger partial charge >= 0.3 is 0 Å². The summed E-state index contributed by atoms with van der Waals surface area (Å²) in [5, 5.41) is 9.93. The third-order valence-corrected chi connectivity index (χ3v) is 4.51. The van der Waals surface area contributed by atoms with Gasteiger partial charge in [-0.25, -0.2) is 27.1 Å². The highest BCUT2D eigenvalue weighted by atomic mass is 32.2. The summed E-state index contributed by atoms with van der Waals surface area (Å²) in [5.41, 5.74) is -0.629. The summed E-state index contributed by atoms with van der Waals surface area (Å²) in [6, 6.07) is 4.74. The van der Waals surface area contributed by atoms with Crippen molar-refractivity contribution in [3.05, 3.63) is 41.3 Å². The van der Waals surface area contributed by atoms with Crippen molar-refractivity contribution >= 4 is 16.0 Å². The topological polar surface area (TPSA) is 83.4 Å². The predicted octanol–water partition coefficient (Wildman–Crippen LogP) is 2.29. The molecule has 1 heterocycles. The van der Waals surface area contributed by atoms with Crippen LogP contribution in [0.4, 0.5) is 10.3 Å². The summed E-state index contributed by atoms with van der Waals surface area (Å²) in [7, 11) is -2.78. The van der Waals surface area contributed by atoms with Gasteiger partial charge in [0.25, 0.3) is 0 Å². The highest BCUT2D eigenvalue weighted by molar-refractivity contribution is 7.92. The largest absolute Gasteiger partial charge is 0.392 e. The second kappa shape index (κ2) is 6.82. The van der Waals surface area contributed by atoms with E-state index in [0.29, 0.717) is 4.31 Å². The summed E-state index contributed by atoms with van der Waals surface area (Å²) in [6.07, 6.45) is 0.860. The van der Waals surface area contributed by atoms with Gasteiger partial charge in [0.1, 0.15) is 5.82 Å². The van der Waals surface area contributed by atoms with E-state index in [1.807, 2.05) is 0 Å². The lowest BCUT2D eigenvalue weighted by molar-refractivity contribution is 0.279. The average molecular weight is 359 g/mol. The smallest absolute Gasteiger partial charge is 0.239 e. The van der Waals surface area contributed by atoms with Crippen molar-refractivity contribution in [2.75, 3.05) is 17.6 Å². The number of aromatic nitrogens is 2. The minimum atomic E-state index is -3.89. The molecule has 130 valence electrons. The highest BCUT2D eigenvalue weighted by Crippen LogP contribution is 2.30. The monoisotopic (exact) mass is 359 g/mol. The van der Waals surface area contributed by atoms with Gasteiger partial charge in [-0.15, -0.1) is 0 Å². The molecule has 24 heavy (non-hydrogen) atoms. The first kappa shape index (κ1) is 11.5. The molecule has 0 saturated carbocycles. The lowest BCUT2D eigenvalue weighted by atomic mass is 9.99. The molecule has 0 unspecified atom stereocenters. The standard InChI is InChI=1S/C16H20FN3O3S/c1-10(2)14-13(9-21)15(11-5-7-12(17)8-6-11)19-16(18-14)20(3)24(4,22)23/h5-8,10,21H,9H2,1-4H3/i1D3,2D3. The molecule has 0 aliphatic heterocycles. The molecule has 1 N–H and O–H groups in total. The van der Waals surface area contributed by atoms with E-state index in [2.05, 4.69) is 9.97 Å². The molecule has 2 aromatic rings. The van der Waals surface area contributed by atoms with Gasteiger partial charge in [0, 0.05) is 26.4 Å². The van der Waals surface area contributed by atoms with Gasteiger partial charge in [-0.1, -0.05) is 13.7 Å². The van der Waals surface area contributed by atoms with Crippen LogP contribution in [0, 0.1) is 5.82 Å². The van der Waals surface area contributed by atoms with Crippen LogP contribution in [0.15, 0.2) is 24.3 Å². The fourth-order valence-corrected chi connectivity index (χ4v) is 2.40. The number of aliphatic hydroxyl groups is 1. The SMILES string of the molecule is [2H]C([2H])([2H])C(c1nc(N(C)S(C)(=O)=O)nc(-c2ccc(F)cc2)c1CO)C([2H])([2H])[2H]. The van der Waals surface area contributed by atoms with Crippen molar-refractivity contribution in [3.63, 3.8) is 0 Å². The summed E-state index contributed by atoms with van der Waals surface area (Å²) < 4.78 is 84.2. The number of rotatable bonds is 5. The van der Waals surface area contributed by atoms with Gasteiger partial charge in [-0.2, -0.15) is 0 Å². The van der Waals surface area contributed by atoms with E-state index in [-0.39, 0.29) is 16.8 Å². The predicted molar refractivity (Wildman–Crippen MR) is 90.7 cm³/mol. The molecular formula is C16H20FN3O3S. The van der Waals surface area contributed by atoms with Crippen LogP contribution in [-0.2, 0) is 16.6 Å². The number of hydrogen-bond acceptors (Lipinski definition) is 5. The fourth-order valence-electron chi connectivity index (χ4n) is 2.02. The maximum absolute atomic E-state index is 13.4. The van der Waals surface area contributed by atoms with Gasteiger partial charge in [-0.3, -0.25) is 0 Å². The first-order chi connectivity index (χ1) is 13.6. The van der Waals surface area contributed by atoms with Gasteiger partial charge < -0.3 is 5.11 Å². The first-order valence-corrected chi connectivity index (χ1v) is 8.63. The van der Waals surface area contributed by atoms with Crippen molar-refractivity contribution in [1.82, 2.24) is 9.97 Å². The molecule has 1 aromatic heterocycles. The molecule has 0 spiro atoms. The Bertz CT molecular complexity index is 1010. The van der Waals surface area contributed by atoms with Gasteiger partial charge in [0.05, 0.1) is 24.3 Å². The zero-order valence-corrected chi connectivity index (χ0v) is 13.8. The molecule has 0 aliphatic carbocycles. The van der Waals surface area contributed by atoms with Crippen LogP contribution in [-0.4, -0.2) is 36.8 Å². The number of halogens is 1. The molecule has 1 aromatic carbocycles. The number of hydrogen-bond donors (Lipinski definition) is 1. The Labute approximate surface area is 149 Å². The molecule has 8 heteroatoms. The molecule has 0 atom stereocenters. The van der Waals surface area contributed by atoms with Crippen LogP contribution in [0.3, 0.4) is 0 Å². The van der Waals surface area contributed by atoms with Crippen LogP contribution in [0.25, 0.3) is 11.3 Å². The third kappa shape index (κ3) is 3.70. The van der Waals surface area contributed by atoms with E-state index in [0.717, 1.165) is 25.4 Å². The average Bonchev–Trinajstić information content (AvgIpc) is 2.57. The number of benzene rings is 1. The highest BCUT2D eigenvalue weighted by Gasteiger charge is 2.22. The molecule has 0 saturated heterocycles. The molecule has 6 nitrogen and oxygen atoms in total. The van der Waals surface area contributed by atoms with E-state index in [1.165, 1.54) is 12.1 Å². The van der Waals surface area contributed by atoms with Crippen LogP contribution >= 0.6 is 0 Å². The lowest BCUT2D eigenvalue weighted by Gasteiger charge is -2.20. The number of nitrogens with zero attached hydrogens (tertiary/aromatic N) is 3. The normalized spacial score (nSPS) is 16.5. The molecular weight excluding hydrogens is 333 g/mol. The van der Waals surface area contributed by atoms with Gasteiger partial charge in [0.2, 0.25) is 16.0 Å². The molecule has 0 amide bonds. The summed E-state index contributed by atoms with van der Waals surface area (Å²) in [6.45, 7) is -6.93. The zero-order valence-electron chi connectivity index (χ0n) is 19.0. The van der Waals surface area contributed by atoms with Crippen molar-refractivity contribution in [3.8, 4) is 11.3 Å². The molecule has 0 fully saturated rings. The van der Waals surface area contributed by atoms with Crippen LogP contribution in [0.2, 0.25) is 0 Å².